The van der Waals surface area contributed by atoms with Gasteiger partial charge in [-0.3, -0.25) is 19.5 Å². The second-order valence-electron chi connectivity index (χ2n) is 11.5. The molecule has 15 nitrogen and oxygen atoms in total. The zero-order valence-electron chi connectivity index (χ0n) is 26.5. The van der Waals surface area contributed by atoms with Crippen molar-refractivity contribution in [3.63, 3.8) is 0 Å². The summed E-state index contributed by atoms with van der Waals surface area (Å²) in [5.41, 5.74) is -3.59. The minimum atomic E-state index is -1.33. The summed E-state index contributed by atoms with van der Waals surface area (Å²) in [6.07, 6.45) is -0.0166. The van der Waals surface area contributed by atoms with Crippen LogP contribution in [0, 0.1) is 21.9 Å². The molecule has 17 heteroatoms. The minimum Gasteiger partial charge on any atom is -0.496 e. The van der Waals surface area contributed by atoms with E-state index in [1.54, 1.807) is 27.7 Å². The number of carboxylic acid groups (broad SMARTS) is 1. The van der Waals surface area contributed by atoms with Crippen LogP contribution in [-0.2, 0) is 4.79 Å². The van der Waals surface area contributed by atoms with E-state index >= 15 is 8.78 Å². The molecule has 4 aromatic rings. The van der Waals surface area contributed by atoms with Crippen molar-refractivity contribution in [1.29, 1.82) is 0 Å². The van der Waals surface area contributed by atoms with E-state index in [9.17, 15) is 29.6 Å². The number of carbonyl (C=O) groups excluding carboxylic acids is 1. The van der Waals surface area contributed by atoms with Gasteiger partial charge in [-0.1, -0.05) is 33.8 Å². The molecule has 1 aliphatic heterocycles. The molecule has 0 bridgehead atoms. The Kier molecular flexibility index (Phi) is 9.33. The molecule has 0 aliphatic carbocycles. The molecule has 1 atom stereocenters. The fraction of sp³-hybridized carbons (Fsp3) is 0.355. The van der Waals surface area contributed by atoms with Gasteiger partial charge in [-0.2, -0.15) is 4.39 Å². The first kappa shape index (κ1) is 33.8. The molecule has 48 heavy (non-hydrogen) atoms. The number of esters is 1. The third-order valence-electron chi connectivity index (χ3n) is 7.81. The average Bonchev–Trinajstić information content (AvgIpc) is 3.04. The molecule has 3 aromatic heterocycles. The Labute approximate surface area is 271 Å². The number of pyridine rings is 2. The van der Waals surface area contributed by atoms with Crippen molar-refractivity contribution in [2.45, 2.75) is 45.6 Å². The van der Waals surface area contributed by atoms with Gasteiger partial charge < -0.3 is 24.8 Å². The summed E-state index contributed by atoms with van der Waals surface area (Å²) < 4.78 is 43.0. The fourth-order valence-electron chi connectivity index (χ4n) is 5.57. The van der Waals surface area contributed by atoms with Gasteiger partial charge in [-0.05, 0) is 30.0 Å². The Hall–Kier alpha value is -5.58. The van der Waals surface area contributed by atoms with Crippen LogP contribution in [-0.4, -0.2) is 79.3 Å². The predicted molar refractivity (Wildman–Crippen MR) is 167 cm³/mol. The van der Waals surface area contributed by atoms with Gasteiger partial charge in [0, 0.05) is 18.7 Å². The normalized spacial score (nSPS) is 14.9. The molecule has 0 saturated carbocycles. The summed E-state index contributed by atoms with van der Waals surface area (Å²) >= 11 is 0. The maximum atomic E-state index is 16.1. The standard InChI is InChI=1S/C31H31F2N7O8/c1-14(2)22-25(23(15(3)4)36-13-35-22)39-19-11-16(21-17(32)7-6-8-20(21)47-5)28(33)37-24(19)27(26(29(39)41)40(45)46)48-30(42)18-12-38(31(43)44)10-9-34-18/h6-8,11,13-15,18,34H,9-10,12H2,1-5H3,(H,43,44). The van der Waals surface area contributed by atoms with Gasteiger partial charge in [0.1, 0.15) is 29.5 Å². The Morgan fingerprint density at radius 1 is 1.15 bits per heavy atom. The van der Waals surface area contributed by atoms with E-state index < -0.39 is 62.9 Å². The number of halogens is 2. The molecule has 2 N–H and O–H groups in total. The third kappa shape index (κ3) is 5.99. The molecular formula is C31H31F2N7O8. The number of ether oxygens (including phenoxy) is 2. The Morgan fingerprint density at radius 3 is 2.40 bits per heavy atom. The first-order valence-corrected chi connectivity index (χ1v) is 14.8. The molecule has 0 spiro atoms. The van der Waals surface area contributed by atoms with Crippen LogP contribution in [0.25, 0.3) is 27.8 Å². The van der Waals surface area contributed by atoms with Crippen molar-refractivity contribution in [2.24, 2.45) is 0 Å². The largest absolute Gasteiger partial charge is 0.496 e. The summed E-state index contributed by atoms with van der Waals surface area (Å²) in [7, 11) is 1.25. The number of hydrogen-bond acceptors (Lipinski definition) is 11. The molecule has 1 aromatic carbocycles. The van der Waals surface area contributed by atoms with Gasteiger partial charge in [-0.25, -0.2) is 28.9 Å². The Morgan fingerprint density at radius 2 is 1.81 bits per heavy atom. The Balaban J connectivity index is 1.91. The lowest BCUT2D eigenvalue weighted by Gasteiger charge is -2.30. The highest BCUT2D eigenvalue weighted by atomic mass is 19.1. The fourth-order valence-corrected chi connectivity index (χ4v) is 5.57. The molecule has 1 fully saturated rings. The molecule has 1 saturated heterocycles. The molecule has 1 unspecified atom stereocenters. The van der Waals surface area contributed by atoms with Crippen LogP contribution in [0.4, 0.5) is 19.3 Å². The quantitative estimate of drug-likeness (QED) is 0.118. The van der Waals surface area contributed by atoms with E-state index in [2.05, 4.69) is 20.3 Å². The van der Waals surface area contributed by atoms with Gasteiger partial charge >= 0.3 is 23.3 Å². The van der Waals surface area contributed by atoms with Crippen LogP contribution in [0.2, 0.25) is 0 Å². The second kappa shape index (κ2) is 13.3. The van der Waals surface area contributed by atoms with Crippen LogP contribution in [0.5, 0.6) is 11.5 Å². The highest BCUT2D eigenvalue weighted by Gasteiger charge is 2.37. The lowest BCUT2D eigenvalue weighted by molar-refractivity contribution is -0.387. The minimum absolute atomic E-state index is 0.0567. The predicted octanol–water partition coefficient (Wildman–Crippen LogP) is 4.14. The molecule has 4 heterocycles. The van der Waals surface area contributed by atoms with Crippen molar-refractivity contribution >= 4 is 28.8 Å². The van der Waals surface area contributed by atoms with Crippen molar-refractivity contribution in [3.8, 4) is 28.3 Å². The van der Waals surface area contributed by atoms with Crippen molar-refractivity contribution < 1.29 is 37.9 Å². The second-order valence-corrected chi connectivity index (χ2v) is 11.5. The molecule has 5 rings (SSSR count). The van der Waals surface area contributed by atoms with Crippen LogP contribution in [0.15, 0.2) is 35.4 Å². The number of amides is 1. The summed E-state index contributed by atoms with van der Waals surface area (Å²) in [4.78, 5) is 64.4. The smallest absolute Gasteiger partial charge is 0.407 e. The van der Waals surface area contributed by atoms with Crippen LogP contribution in [0.1, 0.15) is 50.9 Å². The SMILES string of the molecule is COc1cccc(F)c1-c1cc2c(nc1F)c(OC(=O)C1CN(C(=O)O)CCN1)c([N+](=O)[O-])c(=O)n2-c1c(C(C)C)ncnc1C(C)C. The zero-order chi connectivity index (χ0) is 35.0. The summed E-state index contributed by atoms with van der Waals surface area (Å²) in [5, 5.41) is 24.8. The number of methoxy groups -OCH3 is 1. The van der Waals surface area contributed by atoms with E-state index in [-0.39, 0.29) is 54.0 Å². The van der Waals surface area contributed by atoms with E-state index in [4.69, 9.17) is 9.47 Å². The summed E-state index contributed by atoms with van der Waals surface area (Å²) in [6.45, 7) is 6.85. The highest BCUT2D eigenvalue weighted by molar-refractivity contribution is 5.93. The number of aromatic nitrogens is 4. The number of carbonyl (C=O) groups is 2. The van der Waals surface area contributed by atoms with E-state index in [0.717, 1.165) is 21.6 Å². The number of nitrogens with zero attached hydrogens (tertiary/aromatic N) is 6. The van der Waals surface area contributed by atoms with Crippen molar-refractivity contribution in [1.82, 2.24) is 29.7 Å². The monoisotopic (exact) mass is 667 g/mol. The average molecular weight is 668 g/mol. The lowest BCUT2D eigenvalue weighted by atomic mass is 10.0. The van der Waals surface area contributed by atoms with Gasteiger partial charge in [0.05, 0.1) is 46.7 Å². The number of benzene rings is 1. The van der Waals surface area contributed by atoms with Gasteiger partial charge in [-0.15, -0.1) is 0 Å². The van der Waals surface area contributed by atoms with E-state index in [1.807, 2.05) is 0 Å². The van der Waals surface area contributed by atoms with Crippen molar-refractivity contribution in [3.05, 3.63) is 74.2 Å². The molecule has 0 radical (unpaired) electrons. The number of piperazine rings is 1. The summed E-state index contributed by atoms with van der Waals surface area (Å²) in [5.74, 6) is -5.15. The van der Waals surface area contributed by atoms with Gasteiger partial charge in [0.15, 0.2) is 0 Å². The molecule has 1 aliphatic rings. The maximum absolute atomic E-state index is 16.1. The number of rotatable bonds is 8. The zero-order valence-corrected chi connectivity index (χ0v) is 26.5. The first-order chi connectivity index (χ1) is 22.8. The van der Waals surface area contributed by atoms with Gasteiger partial charge in [0.25, 0.3) is 0 Å². The summed E-state index contributed by atoms with van der Waals surface area (Å²) in [6, 6.07) is 3.56. The molecular weight excluding hydrogens is 636 g/mol. The van der Waals surface area contributed by atoms with E-state index in [0.29, 0.717) is 11.4 Å². The van der Waals surface area contributed by atoms with Crippen LogP contribution >= 0.6 is 0 Å². The van der Waals surface area contributed by atoms with E-state index in [1.165, 1.54) is 25.6 Å². The number of fused-ring (bicyclic) bond motifs is 1. The molecule has 252 valence electrons. The highest BCUT2D eigenvalue weighted by Crippen LogP contribution is 2.40. The number of nitro groups is 1. The lowest BCUT2D eigenvalue weighted by Crippen LogP contribution is -2.56. The van der Waals surface area contributed by atoms with Gasteiger partial charge in [0.2, 0.25) is 11.7 Å². The first-order valence-electron chi connectivity index (χ1n) is 14.8. The third-order valence-corrected chi connectivity index (χ3v) is 7.81. The van der Waals surface area contributed by atoms with Crippen LogP contribution < -0.4 is 20.3 Å². The maximum Gasteiger partial charge on any atom is 0.407 e. The number of nitrogens with one attached hydrogen (secondary N) is 1. The van der Waals surface area contributed by atoms with Crippen LogP contribution in [0.3, 0.4) is 0 Å². The Bertz CT molecular complexity index is 1990. The topological polar surface area (TPSA) is 192 Å². The van der Waals surface area contributed by atoms with Crippen molar-refractivity contribution in [2.75, 3.05) is 26.7 Å². The molecule has 1 amide bonds. The number of hydrogen-bond donors (Lipinski definition) is 2.